The Kier molecular flexibility index (Phi) is 4.41. The molecular formula is C17H20N2O. The van der Waals surface area contributed by atoms with E-state index in [4.69, 9.17) is 0 Å². The third kappa shape index (κ3) is 3.60. The summed E-state index contributed by atoms with van der Waals surface area (Å²) < 4.78 is 0. The first-order valence-corrected chi connectivity index (χ1v) is 6.82. The van der Waals surface area contributed by atoms with Crippen molar-refractivity contribution in [2.75, 3.05) is 10.6 Å². The van der Waals surface area contributed by atoms with E-state index >= 15 is 0 Å². The molecule has 0 saturated heterocycles. The van der Waals surface area contributed by atoms with Crippen LogP contribution in [0.2, 0.25) is 0 Å². The zero-order valence-corrected chi connectivity index (χ0v) is 12.2. The van der Waals surface area contributed by atoms with Gasteiger partial charge in [0.1, 0.15) is 0 Å². The highest BCUT2D eigenvalue weighted by molar-refractivity contribution is 6.00. The Bertz CT molecular complexity index is 600. The van der Waals surface area contributed by atoms with Gasteiger partial charge in [0.05, 0.1) is 0 Å². The fourth-order valence-corrected chi connectivity index (χ4v) is 2.28. The first-order valence-electron chi connectivity index (χ1n) is 6.82. The van der Waals surface area contributed by atoms with Gasteiger partial charge >= 0.3 is 6.03 Å². The molecule has 104 valence electrons. The number of hydrogen-bond acceptors (Lipinski definition) is 1. The number of rotatable bonds is 3. The van der Waals surface area contributed by atoms with E-state index in [0.717, 1.165) is 34.5 Å². The molecule has 2 rings (SSSR count). The summed E-state index contributed by atoms with van der Waals surface area (Å²) in [6, 6.07) is 13.6. The number of nitrogens with one attached hydrogen (secondary N) is 2. The number of benzene rings is 2. The minimum Gasteiger partial charge on any atom is -0.308 e. The predicted molar refractivity (Wildman–Crippen MR) is 84.4 cm³/mol. The van der Waals surface area contributed by atoms with Crippen LogP contribution < -0.4 is 10.6 Å². The Labute approximate surface area is 120 Å². The van der Waals surface area contributed by atoms with E-state index in [1.165, 1.54) is 0 Å². The van der Waals surface area contributed by atoms with Crippen LogP contribution in [-0.4, -0.2) is 6.03 Å². The molecule has 3 heteroatoms. The number of para-hydroxylation sites is 1. The molecule has 2 amide bonds. The molecule has 3 nitrogen and oxygen atoms in total. The van der Waals surface area contributed by atoms with Gasteiger partial charge in [-0.15, -0.1) is 0 Å². The Morgan fingerprint density at radius 1 is 1.00 bits per heavy atom. The normalized spacial score (nSPS) is 10.2. The van der Waals surface area contributed by atoms with Crippen molar-refractivity contribution in [2.45, 2.75) is 27.2 Å². The van der Waals surface area contributed by atoms with Crippen molar-refractivity contribution in [2.24, 2.45) is 0 Å². The summed E-state index contributed by atoms with van der Waals surface area (Å²) in [5.41, 5.74) is 5.07. The molecule has 0 spiro atoms. The van der Waals surface area contributed by atoms with E-state index in [1.807, 2.05) is 50.2 Å². The number of carbonyl (C=O) groups is 1. The Balaban J connectivity index is 2.09. The van der Waals surface area contributed by atoms with Crippen LogP contribution in [0.25, 0.3) is 0 Å². The summed E-state index contributed by atoms with van der Waals surface area (Å²) in [7, 11) is 0. The number of carbonyl (C=O) groups excluding carboxylic acids is 1. The monoisotopic (exact) mass is 268 g/mol. The molecule has 0 aliphatic carbocycles. The maximum atomic E-state index is 12.1. The van der Waals surface area contributed by atoms with Gasteiger partial charge in [0.25, 0.3) is 0 Å². The lowest BCUT2D eigenvalue weighted by molar-refractivity contribution is 0.262. The second-order valence-corrected chi connectivity index (χ2v) is 4.97. The third-order valence-electron chi connectivity index (χ3n) is 3.13. The van der Waals surface area contributed by atoms with Crippen LogP contribution in [0, 0.1) is 13.8 Å². The van der Waals surface area contributed by atoms with E-state index in [1.54, 1.807) is 0 Å². The van der Waals surface area contributed by atoms with Gasteiger partial charge in [-0.1, -0.05) is 31.2 Å². The van der Waals surface area contributed by atoms with Gasteiger partial charge in [0, 0.05) is 11.4 Å². The molecule has 0 saturated carbocycles. The van der Waals surface area contributed by atoms with E-state index < -0.39 is 0 Å². The number of amides is 2. The molecule has 0 aromatic heterocycles. The summed E-state index contributed by atoms with van der Waals surface area (Å²) in [6.45, 7) is 6.10. The molecule has 2 aromatic rings. The van der Waals surface area contributed by atoms with Crippen LogP contribution in [0.4, 0.5) is 16.2 Å². The molecule has 2 N–H and O–H groups in total. The fourth-order valence-electron chi connectivity index (χ4n) is 2.28. The molecule has 2 aromatic carbocycles. The number of aryl methyl sites for hydroxylation is 3. The van der Waals surface area contributed by atoms with Gasteiger partial charge < -0.3 is 10.6 Å². The Morgan fingerprint density at radius 2 is 1.65 bits per heavy atom. The lowest BCUT2D eigenvalue weighted by atomic mass is 10.1. The minimum absolute atomic E-state index is 0.212. The molecule has 0 aliphatic rings. The van der Waals surface area contributed by atoms with Crippen LogP contribution in [0.1, 0.15) is 23.6 Å². The van der Waals surface area contributed by atoms with Crippen LogP contribution in [0.5, 0.6) is 0 Å². The van der Waals surface area contributed by atoms with E-state index in [9.17, 15) is 4.79 Å². The van der Waals surface area contributed by atoms with E-state index in [2.05, 4.69) is 23.6 Å². The first-order chi connectivity index (χ1) is 9.58. The Hall–Kier alpha value is -2.29. The molecule has 0 radical (unpaired) electrons. The lowest BCUT2D eigenvalue weighted by Gasteiger charge is -2.11. The van der Waals surface area contributed by atoms with Gasteiger partial charge in [-0.05, 0) is 55.2 Å². The molecule has 0 fully saturated rings. The average molecular weight is 268 g/mol. The molecule has 0 heterocycles. The zero-order chi connectivity index (χ0) is 14.5. The van der Waals surface area contributed by atoms with Crippen LogP contribution in [0.15, 0.2) is 42.5 Å². The first kappa shape index (κ1) is 14.1. The van der Waals surface area contributed by atoms with E-state index in [0.29, 0.717) is 0 Å². The van der Waals surface area contributed by atoms with Gasteiger partial charge in [-0.25, -0.2) is 4.79 Å². The SMILES string of the molecule is CCc1ccccc1NC(=O)Nc1cc(C)cc(C)c1. The smallest absolute Gasteiger partial charge is 0.308 e. The molecule has 0 aliphatic heterocycles. The number of anilines is 2. The Morgan fingerprint density at radius 3 is 2.30 bits per heavy atom. The zero-order valence-electron chi connectivity index (χ0n) is 12.2. The summed E-state index contributed by atoms with van der Waals surface area (Å²) in [4.78, 5) is 12.1. The highest BCUT2D eigenvalue weighted by Gasteiger charge is 2.06. The second kappa shape index (κ2) is 6.24. The maximum Gasteiger partial charge on any atom is 0.323 e. The van der Waals surface area contributed by atoms with Crippen molar-refractivity contribution < 1.29 is 4.79 Å². The van der Waals surface area contributed by atoms with Crippen molar-refractivity contribution >= 4 is 17.4 Å². The fraction of sp³-hybridized carbons (Fsp3) is 0.235. The second-order valence-electron chi connectivity index (χ2n) is 4.97. The summed E-state index contributed by atoms with van der Waals surface area (Å²) in [5, 5.41) is 5.77. The molecular weight excluding hydrogens is 248 g/mol. The van der Waals surface area contributed by atoms with Crippen LogP contribution >= 0.6 is 0 Å². The van der Waals surface area contributed by atoms with Gasteiger partial charge in [-0.3, -0.25) is 0 Å². The molecule has 20 heavy (non-hydrogen) atoms. The largest absolute Gasteiger partial charge is 0.323 e. The van der Waals surface area contributed by atoms with Gasteiger partial charge in [-0.2, -0.15) is 0 Å². The lowest BCUT2D eigenvalue weighted by Crippen LogP contribution is -2.20. The average Bonchev–Trinajstić information content (AvgIpc) is 2.37. The highest BCUT2D eigenvalue weighted by atomic mass is 16.2. The molecule has 0 bridgehead atoms. The van der Waals surface area contributed by atoms with Crippen LogP contribution in [-0.2, 0) is 6.42 Å². The number of urea groups is 1. The maximum absolute atomic E-state index is 12.1. The predicted octanol–water partition coefficient (Wildman–Crippen LogP) is 4.51. The quantitative estimate of drug-likeness (QED) is 0.844. The standard InChI is InChI=1S/C17H20N2O/c1-4-14-7-5-6-8-16(14)19-17(20)18-15-10-12(2)9-13(3)11-15/h5-11H,4H2,1-3H3,(H2,18,19,20). The van der Waals surface area contributed by atoms with E-state index in [-0.39, 0.29) is 6.03 Å². The third-order valence-corrected chi connectivity index (χ3v) is 3.13. The molecule has 0 unspecified atom stereocenters. The van der Waals surface area contributed by atoms with Gasteiger partial charge in [0.15, 0.2) is 0 Å². The summed E-state index contributed by atoms with van der Waals surface area (Å²) in [5.74, 6) is 0. The van der Waals surface area contributed by atoms with Crippen molar-refractivity contribution in [3.8, 4) is 0 Å². The minimum atomic E-state index is -0.212. The van der Waals surface area contributed by atoms with Crippen LogP contribution in [0.3, 0.4) is 0 Å². The molecule has 0 atom stereocenters. The topological polar surface area (TPSA) is 41.1 Å². The summed E-state index contributed by atoms with van der Waals surface area (Å²) >= 11 is 0. The van der Waals surface area contributed by atoms with Crippen molar-refractivity contribution in [3.63, 3.8) is 0 Å². The van der Waals surface area contributed by atoms with Gasteiger partial charge in [0.2, 0.25) is 0 Å². The highest BCUT2D eigenvalue weighted by Crippen LogP contribution is 2.17. The summed E-state index contributed by atoms with van der Waals surface area (Å²) in [6.07, 6.45) is 0.889. The number of hydrogen-bond donors (Lipinski definition) is 2. The van der Waals surface area contributed by atoms with Crippen molar-refractivity contribution in [3.05, 3.63) is 59.2 Å². The van der Waals surface area contributed by atoms with Crippen molar-refractivity contribution in [1.82, 2.24) is 0 Å². The van der Waals surface area contributed by atoms with Crippen molar-refractivity contribution in [1.29, 1.82) is 0 Å².